The van der Waals surface area contributed by atoms with Gasteiger partial charge in [0.05, 0.1) is 29.7 Å². The number of ketones is 1. The van der Waals surface area contributed by atoms with Crippen LogP contribution in [0.4, 0.5) is 0 Å². The molecule has 7 nitrogen and oxygen atoms in total. The van der Waals surface area contributed by atoms with Gasteiger partial charge in [0.2, 0.25) is 10.0 Å². The van der Waals surface area contributed by atoms with Crippen molar-refractivity contribution in [3.63, 3.8) is 0 Å². The third kappa shape index (κ3) is 3.61. The number of hydrogen-bond acceptors (Lipinski definition) is 6. The third-order valence-electron chi connectivity index (χ3n) is 4.98. The number of aliphatic hydroxyl groups excluding tert-OH is 1. The highest BCUT2D eigenvalue weighted by Crippen LogP contribution is 2.42. The maximum Gasteiger partial charge on any atom is 0.309 e. The second-order valence-electron chi connectivity index (χ2n) is 6.59. The van der Waals surface area contributed by atoms with Crippen LogP contribution in [0.15, 0.2) is 41.0 Å². The van der Waals surface area contributed by atoms with Crippen molar-refractivity contribution in [2.24, 2.45) is 5.92 Å². The lowest BCUT2D eigenvalue weighted by atomic mass is 9.77. The highest BCUT2D eigenvalue weighted by molar-refractivity contribution is 7.89. The van der Waals surface area contributed by atoms with Gasteiger partial charge in [0, 0.05) is 23.1 Å². The summed E-state index contributed by atoms with van der Waals surface area (Å²) in [6.07, 6.45) is 0.847. The topological polar surface area (TPSA) is 101 Å². The Hall–Kier alpha value is -1.90. The summed E-state index contributed by atoms with van der Waals surface area (Å²) in [5.41, 5.74) is -0.00205. The van der Waals surface area contributed by atoms with Crippen LogP contribution in [0.2, 0.25) is 5.02 Å². The summed E-state index contributed by atoms with van der Waals surface area (Å²) in [6.45, 7) is 1.92. The molecule has 0 radical (unpaired) electrons. The fourth-order valence-corrected chi connectivity index (χ4v) is 5.75. The number of sulfonamides is 1. The molecule has 0 amide bonds. The van der Waals surface area contributed by atoms with Crippen LogP contribution >= 0.6 is 11.6 Å². The Morgan fingerprint density at radius 1 is 1.33 bits per heavy atom. The smallest absolute Gasteiger partial charge is 0.309 e. The number of hydrogen-bond donors (Lipinski definition) is 1. The summed E-state index contributed by atoms with van der Waals surface area (Å²) < 4.78 is 32.8. The van der Waals surface area contributed by atoms with Crippen molar-refractivity contribution in [3.05, 3.63) is 41.1 Å². The van der Waals surface area contributed by atoms with Crippen LogP contribution in [0.3, 0.4) is 0 Å². The van der Waals surface area contributed by atoms with E-state index in [1.807, 2.05) is 0 Å². The average Bonchev–Trinajstić information content (AvgIpc) is 2.61. The summed E-state index contributed by atoms with van der Waals surface area (Å²) in [5.74, 6) is -1.25. The zero-order valence-electron chi connectivity index (χ0n) is 14.7. The first-order valence-electron chi connectivity index (χ1n) is 8.62. The molecule has 3 atom stereocenters. The van der Waals surface area contributed by atoms with Gasteiger partial charge in [0.25, 0.3) is 0 Å². The standard InChI is InChI=1S/C18H20ClNO6S/c1-2-26-18(23)11-7-13-9-17(22)15(10-21)16(8-11)20(13)27(24,25)14-5-3-12(19)4-6-14/h3-6,10-11,13,16,21H,2,7-9H2,1H3/b15-10-. The molecule has 2 heterocycles. The lowest BCUT2D eigenvalue weighted by Gasteiger charge is -2.46. The second-order valence-corrected chi connectivity index (χ2v) is 8.87. The van der Waals surface area contributed by atoms with E-state index in [0.29, 0.717) is 11.3 Å². The quantitative estimate of drug-likeness (QED) is 0.462. The molecule has 0 spiro atoms. The first-order chi connectivity index (χ1) is 12.8. The molecule has 1 aromatic rings. The molecule has 0 aliphatic carbocycles. The van der Waals surface area contributed by atoms with Crippen molar-refractivity contribution >= 4 is 33.4 Å². The van der Waals surface area contributed by atoms with E-state index >= 15 is 0 Å². The molecule has 2 bridgehead atoms. The SMILES string of the molecule is CCOC(=O)C1CC2CC(=O)/C(=C\O)C(C1)N2S(=O)(=O)c1ccc(Cl)cc1. The number of carbonyl (C=O) groups is 2. The number of benzene rings is 1. The van der Waals surface area contributed by atoms with Crippen LogP contribution in [0.25, 0.3) is 0 Å². The molecule has 1 aromatic carbocycles. The minimum atomic E-state index is -3.95. The van der Waals surface area contributed by atoms with Crippen molar-refractivity contribution in [2.45, 2.75) is 43.2 Å². The van der Waals surface area contributed by atoms with E-state index < -0.39 is 34.0 Å². The molecule has 2 fully saturated rings. The fourth-order valence-electron chi connectivity index (χ4n) is 3.81. The van der Waals surface area contributed by atoms with Gasteiger partial charge in [-0.3, -0.25) is 9.59 Å². The van der Waals surface area contributed by atoms with Gasteiger partial charge in [0.1, 0.15) is 0 Å². The van der Waals surface area contributed by atoms with E-state index in [9.17, 15) is 23.1 Å². The van der Waals surface area contributed by atoms with E-state index in [-0.39, 0.29) is 42.1 Å². The van der Waals surface area contributed by atoms with Crippen molar-refractivity contribution < 1.29 is 27.9 Å². The normalized spacial score (nSPS) is 27.6. The molecule has 3 unspecified atom stereocenters. The summed E-state index contributed by atoms with van der Waals surface area (Å²) in [5, 5.41) is 9.96. The van der Waals surface area contributed by atoms with Gasteiger partial charge in [-0.15, -0.1) is 0 Å². The zero-order chi connectivity index (χ0) is 19.8. The van der Waals surface area contributed by atoms with Crippen molar-refractivity contribution in [1.82, 2.24) is 4.31 Å². The molecule has 0 saturated carbocycles. The lowest BCUT2D eigenvalue weighted by Crippen LogP contribution is -2.58. The molecule has 2 aliphatic rings. The average molecular weight is 414 g/mol. The second kappa shape index (κ2) is 7.61. The van der Waals surface area contributed by atoms with Gasteiger partial charge in [0.15, 0.2) is 5.78 Å². The van der Waals surface area contributed by atoms with E-state index in [2.05, 4.69) is 0 Å². The molecule has 2 aliphatic heterocycles. The highest BCUT2D eigenvalue weighted by atomic mass is 35.5. The van der Waals surface area contributed by atoms with Crippen LogP contribution in [-0.2, 0) is 24.3 Å². The number of fused-ring (bicyclic) bond motifs is 2. The van der Waals surface area contributed by atoms with Gasteiger partial charge < -0.3 is 9.84 Å². The number of rotatable bonds is 4. The minimum absolute atomic E-state index is 0.00205. The summed E-state index contributed by atoms with van der Waals surface area (Å²) in [4.78, 5) is 24.6. The first-order valence-corrected chi connectivity index (χ1v) is 10.4. The predicted molar refractivity (Wildman–Crippen MR) is 97.7 cm³/mol. The number of halogens is 1. The molecule has 2 saturated heterocycles. The maximum absolute atomic E-state index is 13.2. The van der Waals surface area contributed by atoms with Gasteiger partial charge in [-0.05, 0) is 44.0 Å². The molecular weight excluding hydrogens is 394 g/mol. The fraction of sp³-hybridized carbons (Fsp3) is 0.444. The zero-order valence-corrected chi connectivity index (χ0v) is 16.2. The number of aliphatic hydroxyl groups is 1. The number of esters is 1. The number of piperidine rings is 2. The molecule has 1 N–H and O–H groups in total. The lowest BCUT2D eigenvalue weighted by molar-refractivity contribution is -0.151. The Kier molecular flexibility index (Phi) is 5.60. The number of ether oxygens (including phenoxy) is 1. The predicted octanol–water partition coefficient (Wildman–Crippen LogP) is 2.46. The first kappa shape index (κ1) is 19.9. The van der Waals surface area contributed by atoms with Crippen LogP contribution in [0, 0.1) is 5.92 Å². The minimum Gasteiger partial charge on any atom is -0.515 e. The number of carbonyl (C=O) groups excluding carboxylic acids is 2. The van der Waals surface area contributed by atoms with Crippen LogP contribution in [0.1, 0.15) is 26.2 Å². The summed E-state index contributed by atoms with van der Waals surface area (Å²) in [7, 11) is -3.95. The van der Waals surface area contributed by atoms with E-state index in [1.165, 1.54) is 28.6 Å². The third-order valence-corrected chi connectivity index (χ3v) is 7.21. The van der Waals surface area contributed by atoms with E-state index in [1.54, 1.807) is 6.92 Å². The van der Waals surface area contributed by atoms with Crippen LogP contribution < -0.4 is 0 Å². The highest BCUT2D eigenvalue weighted by Gasteiger charge is 2.51. The van der Waals surface area contributed by atoms with E-state index in [4.69, 9.17) is 16.3 Å². The summed E-state index contributed by atoms with van der Waals surface area (Å²) >= 11 is 5.85. The van der Waals surface area contributed by atoms with Gasteiger partial charge >= 0.3 is 5.97 Å². The molecule has 0 aromatic heterocycles. The van der Waals surface area contributed by atoms with Gasteiger partial charge in [-0.2, -0.15) is 4.31 Å². The van der Waals surface area contributed by atoms with E-state index in [0.717, 1.165) is 0 Å². The molecular formula is C18H20ClNO6S. The maximum atomic E-state index is 13.2. The Bertz CT molecular complexity index is 880. The van der Waals surface area contributed by atoms with Gasteiger partial charge in [-0.1, -0.05) is 11.6 Å². The van der Waals surface area contributed by atoms with Crippen molar-refractivity contribution in [1.29, 1.82) is 0 Å². The van der Waals surface area contributed by atoms with Crippen molar-refractivity contribution in [2.75, 3.05) is 6.61 Å². The Balaban J connectivity index is 2.01. The Morgan fingerprint density at radius 2 is 2.00 bits per heavy atom. The molecule has 9 heteroatoms. The van der Waals surface area contributed by atoms with Crippen LogP contribution in [0.5, 0.6) is 0 Å². The van der Waals surface area contributed by atoms with Gasteiger partial charge in [-0.25, -0.2) is 8.42 Å². The summed E-state index contributed by atoms with van der Waals surface area (Å²) in [6, 6.07) is 4.16. The molecule has 27 heavy (non-hydrogen) atoms. The monoisotopic (exact) mass is 413 g/mol. The Labute approximate surface area is 162 Å². The molecule has 146 valence electrons. The molecule has 3 rings (SSSR count). The number of Topliss-reactive ketones (excluding diaryl/α,β-unsaturated/α-hetero) is 1. The largest absolute Gasteiger partial charge is 0.515 e. The van der Waals surface area contributed by atoms with Crippen molar-refractivity contribution in [3.8, 4) is 0 Å². The number of nitrogens with zero attached hydrogens (tertiary/aromatic N) is 1. The Morgan fingerprint density at radius 3 is 2.59 bits per heavy atom. The van der Waals surface area contributed by atoms with Crippen LogP contribution in [-0.4, -0.2) is 48.3 Å².